The van der Waals surface area contributed by atoms with E-state index in [4.69, 9.17) is 9.26 Å². The molecule has 0 atom stereocenters. The van der Waals surface area contributed by atoms with Gasteiger partial charge in [-0.05, 0) is 19.1 Å². The monoisotopic (exact) mass is 258 g/mol. The molecule has 2 heterocycles. The Morgan fingerprint density at radius 2 is 2.16 bits per heavy atom. The minimum Gasteiger partial charge on any atom is -0.441 e. The highest BCUT2D eigenvalue weighted by Crippen LogP contribution is 2.09. The van der Waals surface area contributed by atoms with Crippen LogP contribution in [0.5, 0.6) is 6.08 Å². The fourth-order valence-electron chi connectivity index (χ4n) is 1.67. The summed E-state index contributed by atoms with van der Waals surface area (Å²) in [5.74, 6) is 0.884. The molecule has 0 fully saturated rings. The topological polar surface area (TPSA) is 93.9 Å². The van der Waals surface area contributed by atoms with Crippen LogP contribution in [0.4, 0.5) is 0 Å². The van der Waals surface area contributed by atoms with Gasteiger partial charge >= 0.3 is 6.08 Å². The van der Waals surface area contributed by atoms with Crippen molar-refractivity contribution in [1.82, 2.24) is 20.1 Å². The minimum absolute atomic E-state index is 0.0494. The summed E-state index contributed by atoms with van der Waals surface area (Å²) < 4.78 is 10.0. The molecule has 7 nitrogen and oxygen atoms in total. The SMILES string of the molecule is Cc1noc(OCc2nc3ccccc3c(=O)[nH]2)n1. The highest BCUT2D eigenvalue weighted by atomic mass is 16.6. The number of rotatable bonds is 3. The zero-order chi connectivity index (χ0) is 13.2. The minimum atomic E-state index is -0.203. The smallest absolute Gasteiger partial charge is 0.417 e. The normalized spacial score (nSPS) is 10.8. The number of hydrogen-bond donors (Lipinski definition) is 1. The van der Waals surface area contributed by atoms with Crippen LogP contribution in [0.25, 0.3) is 10.9 Å². The summed E-state index contributed by atoms with van der Waals surface area (Å²) in [7, 11) is 0. The van der Waals surface area contributed by atoms with Crippen molar-refractivity contribution in [2.75, 3.05) is 0 Å². The van der Waals surface area contributed by atoms with Crippen LogP contribution in [0, 0.1) is 6.92 Å². The van der Waals surface area contributed by atoms with Crippen molar-refractivity contribution in [2.45, 2.75) is 13.5 Å². The molecule has 0 aliphatic carbocycles. The molecular weight excluding hydrogens is 248 g/mol. The lowest BCUT2D eigenvalue weighted by molar-refractivity contribution is 0.190. The summed E-state index contributed by atoms with van der Waals surface area (Å²) in [6.07, 6.45) is 0.0494. The van der Waals surface area contributed by atoms with Gasteiger partial charge in [-0.1, -0.05) is 17.3 Å². The highest BCUT2D eigenvalue weighted by molar-refractivity contribution is 5.77. The Bertz CT molecular complexity index is 778. The summed E-state index contributed by atoms with van der Waals surface area (Å²) in [4.78, 5) is 22.6. The molecule has 1 aromatic carbocycles. The van der Waals surface area contributed by atoms with Crippen molar-refractivity contribution in [3.63, 3.8) is 0 Å². The number of fused-ring (bicyclic) bond motifs is 1. The zero-order valence-electron chi connectivity index (χ0n) is 10.1. The van der Waals surface area contributed by atoms with E-state index in [9.17, 15) is 4.79 Å². The third-order valence-electron chi connectivity index (χ3n) is 2.50. The molecule has 0 radical (unpaired) electrons. The van der Waals surface area contributed by atoms with Gasteiger partial charge in [0.15, 0.2) is 12.4 Å². The lowest BCUT2D eigenvalue weighted by Gasteiger charge is -2.02. The Labute approximate surface area is 107 Å². The van der Waals surface area contributed by atoms with Crippen LogP contribution in [0.2, 0.25) is 0 Å². The van der Waals surface area contributed by atoms with Gasteiger partial charge in [-0.15, -0.1) is 0 Å². The lowest BCUT2D eigenvalue weighted by atomic mass is 10.2. The average Bonchev–Trinajstić information content (AvgIpc) is 2.82. The first-order valence-corrected chi connectivity index (χ1v) is 5.63. The molecule has 0 spiro atoms. The van der Waals surface area contributed by atoms with Gasteiger partial charge in [0.25, 0.3) is 5.56 Å². The Kier molecular flexibility index (Phi) is 2.71. The van der Waals surface area contributed by atoms with E-state index in [0.717, 1.165) is 0 Å². The second-order valence-electron chi connectivity index (χ2n) is 3.93. The van der Waals surface area contributed by atoms with E-state index >= 15 is 0 Å². The van der Waals surface area contributed by atoms with Crippen molar-refractivity contribution in [1.29, 1.82) is 0 Å². The first kappa shape index (κ1) is 11.4. The summed E-state index contributed by atoms with van der Waals surface area (Å²) in [6.45, 7) is 1.74. The number of nitrogens with one attached hydrogen (secondary N) is 1. The summed E-state index contributed by atoms with van der Waals surface area (Å²) in [5, 5.41) is 4.13. The molecule has 0 saturated carbocycles. The van der Waals surface area contributed by atoms with Crippen LogP contribution in [-0.4, -0.2) is 20.1 Å². The number of aromatic amines is 1. The molecule has 0 amide bonds. The number of benzene rings is 1. The molecule has 3 rings (SSSR count). The molecule has 7 heteroatoms. The molecular formula is C12H10N4O3. The molecule has 0 aliphatic rings. The maximum absolute atomic E-state index is 11.8. The van der Waals surface area contributed by atoms with Crippen molar-refractivity contribution in [2.24, 2.45) is 0 Å². The van der Waals surface area contributed by atoms with E-state index in [-0.39, 0.29) is 18.2 Å². The average molecular weight is 258 g/mol. The van der Waals surface area contributed by atoms with Crippen LogP contribution in [0.3, 0.4) is 0 Å². The second kappa shape index (κ2) is 4.52. The number of nitrogens with zero attached hydrogens (tertiary/aromatic N) is 3. The van der Waals surface area contributed by atoms with Crippen molar-refractivity contribution in [3.8, 4) is 6.08 Å². The molecule has 0 saturated heterocycles. The van der Waals surface area contributed by atoms with E-state index in [1.807, 2.05) is 6.07 Å². The van der Waals surface area contributed by atoms with Gasteiger partial charge < -0.3 is 9.72 Å². The summed E-state index contributed by atoms with van der Waals surface area (Å²) in [5.41, 5.74) is 0.414. The van der Waals surface area contributed by atoms with Gasteiger partial charge in [-0.3, -0.25) is 9.32 Å². The number of ether oxygens (including phenoxy) is 1. The molecule has 96 valence electrons. The van der Waals surface area contributed by atoms with Gasteiger partial charge in [0.2, 0.25) is 0 Å². The first-order chi connectivity index (χ1) is 9.22. The fraction of sp³-hybridized carbons (Fsp3) is 0.167. The lowest BCUT2D eigenvalue weighted by Crippen LogP contribution is -2.13. The maximum atomic E-state index is 11.8. The van der Waals surface area contributed by atoms with Gasteiger partial charge in [0.1, 0.15) is 5.82 Å². The van der Waals surface area contributed by atoms with Crippen LogP contribution in [0.1, 0.15) is 11.6 Å². The van der Waals surface area contributed by atoms with Gasteiger partial charge in [0, 0.05) is 0 Å². The fourth-order valence-corrected chi connectivity index (χ4v) is 1.67. The molecule has 3 aromatic rings. The van der Waals surface area contributed by atoms with Crippen molar-refractivity contribution >= 4 is 10.9 Å². The first-order valence-electron chi connectivity index (χ1n) is 5.63. The van der Waals surface area contributed by atoms with Gasteiger partial charge in [-0.25, -0.2) is 4.98 Å². The molecule has 0 unspecified atom stereocenters. The van der Waals surface area contributed by atoms with Gasteiger partial charge in [-0.2, -0.15) is 4.98 Å². The van der Waals surface area contributed by atoms with Crippen LogP contribution in [0.15, 0.2) is 33.6 Å². The van der Waals surface area contributed by atoms with E-state index < -0.39 is 0 Å². The van der Waals surface area contributed by atoms with E-state index in [1.54, 1.807) is 25.1 Å². The molecule has 2 aromatic heterocycles. The Hall–Kier alpha value is -2.70. The van der Waals surface area contributed by atoms with E-state index in [0.29, 0.717) is 22.6 Å². The number of aromatic nitrogens is 4. The Balaban J connectivity index is 1.87. The second-order valence-corrected chi connectivity index (χ2v) is 3.93. The van der Waals surface area contributed by atoms with Crippen LogP contribution >= 0.6 is 0 Å². The third kappa shape index (κ3) is 2.30. The molecule has 19 heavy (non-hydrogen) atoms. The zero-order valence-corrected chi connectivity index (χ0v) is 10.1. The standard InChI is InChI=1S/C12H10N4O3/c1-7-13-12(19-16-7)18-6-10-14-9-5-3-2-4-8(9)11(17)15-10/h2-5H,6H2,1H3,(H,14,15,17). The van der Waals surface area contributed by atoms with Crippen LogP contribution < -0.4 is 10.3 Å². The molecule has 0 aliphatic heterocycles. The van der Waals surface area contributed by atoms with Crippen molar-refractivity contribution in [3.05, 3.63) is 46.3 Å². The number of H-pyrrole nitrogens is 1. The number of hydrogen-bond acceptors (Lipinski definition) is 6. The number of aryl methyl sites for hydroxylation is 1. The third-order valence-corrected chi connectivity index (χ3v) is 2.50. The Morgan fingerprint density at radius 3 is 2.95 bits per heavy atom. The van der Waals surface area contributed by atoms with E-state index in [2.05, 4.69) is 20.1 Å². The van der Waals surface area contributed by atoms with E-state index in [1.165, 1.54) is 0 Å². The molecule has 0 bridgehead atoms. The summed E-state index contributed by atoms with van der Waals surface area (Å²) in [6, 6.07) is 7.09. The molecule has 1 N–H and O–H groups in total. The van der Waals surface area contributed by atoms with Gasteiger partial charge in [0.05, 0.1) is 10.9 Å². The Morgan fingerprint density at radius 1 is 1.32 bits per heavy atom. The number of para-hydroxylation sites is 1. The highest BCUT2D eigenvalue weighted by Gasteiger charge is 2.07. The van der Waals surface area contributed by atoms with Crippen LogP contribution in [-0.2, 0) is 6.61 Å². The quantitative estimate of drug-likeness (QED) is 0.758. The maximum Gasteiger partial charge on any atom is 0.417 e. The predicted molar refractivity (Wildman–Crippen MR) is 65.7 cm³/mol. The summed E-state index contributed by atoms with van der Waals surface area (Å²) >= 11 is 0. The predicted octanol–water partition coefficient (Wildman–Crippen LogP) is 1.19. The largest absolute Gasteiger partial charge is 0.441 e. The van der Waals surface area contributed by atoms with Crippen molar-refractivity contribution < 1.29 is 9.26 Å².